The van der Waals surface area contributed by atoms with Crippen LogP contribution in [-0.4, -0.2) is 31.2 Å². The summed E-state index contributed by atoms with van der Waals surface area (Å²) in [5, 5.41) is 0. The van der Waals surface area contributed by atoms with Crippen LogP contribution in [0, 0.1) is 0 Å². The van der Waals surface area contributed by atoms with E-state index in [1.807, 2.05) is 0 Å². The average molecular weight is 287 g/mol. The number of nitrogens with zero attached hydrogens (tertiary/aromatic N) is 1. The molecule has 17 heavy (non-hydrogen) atoms. The van der Waals surface area contributed by atoms with Gasteiger partial charge in [0.1, 0.15) is 0 Å². The van der Waals surface area contributed by atoms with Gasteiger partial charge in [0.05, 0.1) is 0 Å². The van der Waals surface area contributed by atoms with Crippen molar-refractivity contribution in [3.63, 3.8) is 0 Å². The van der Waals surface area contributed by atoms with E-state index in [0.717, 1.165) is 6.54 Å². The van der Waals surface area contributed by atoms with Gasteiger partial charge in [0.15, 0.2) is 0 Å². The minimum absolute atomic E-state index is 0.583. The fourth-order valence-electron chi connectivity index (χ4n) is 2.01. The monoisotopic (exact) mass is 288 g/mol. The number of fused-ring (bicyclic) bond motifs is 1. The summed E-state index contributed by atoms with van der Waals surface area (Å²) >= 11 is 0.583. The van der Waals surface area contributed by atoms with Crippen LogP contribution >= 0.6 is 0 Å². The minimum atomic E-state index is 0.583. The van der Waals surface area contributed by atoms with Gasteiger partial charge < -0.3 is 0 Å². The van der Waals surface area contributed by atoms with Gasteiger partial charge in [0.2, 0.25) is 0 Å². The molecular weight excluding hydrogens is 273 g/mol. The molecule has 0 aliphatic carbocycles. The zero-order valence-electron chi connectivity index (χ0n) is 9.54. The average Bonchev–Trinajstić information content (AvgIpc) is 2.40. The molecular formula is C15H14NSe+. The van der Waals surface area contributed by atoms with Crippen LogP contribution in [0.3, 0.4) is 0 Å². The fraction of sp³-hybridized carbons (Fsp3) is 0.133. The van der Waals surface area contributed by atoms with Crippen molar-refractivity contribution in [3.8, 4) is 0 Å². The molecule has 1 nitrogen and oxygen atoms in total. The Kier molecular flexibility index (Phi) is 3.08. The Morgan fingerprint density at radius 1 is 0.941 bits per heavy atom. The van der Waals surface area contributed by atoms with Gasteiger partial charge in [-0.15, -0.1) is 0 Å². The van der Waals surface area contributed by atoms with Crippen molar-refractivity contribution in [3.05, 3.63) is 65.7 Å². The van der Waals surface area contributed by atoms with Gasteiger partial charge in [0, 0.05) is 0 Å². The second-order valence-electron chi connectivity index (χ2n) is 4.17. The molecule has 1 aliphatic heterocycles. The molecule has 0 radical (unpaired) electrons. The third kappa shape index (κ3) is 2.49. The van der Waals surface area contributed by atoms with Crippen molar-refractivity contribution in [2.45, 2.75) is 6.54 Å². The van der Waals surface area contributed by atoms with Crippen LogP contribution < -0.4 is 4.46 Å². The van der Waals surface area contributed by atoms with Gasteiger partial charge in [-0.2, -0.15) is 0 Å². The fourth-order valence-corrected chi connectivity index (χ4v) is 3.97. The van der Waals surface area contributed by atoms with Crippen molar-refractivity contribution in [1.82, 2.24) is 0 Å². The van der Waals surface area contributed by atoms with E-state index in [4.69, 9.17) is 0 Å². The molecule has 0 N–H and O–H groups in total. The molecule has 2 aromatic rings. The molecule has 3 rings (SSSR count). The summed E-state index contributed by atoms with van der Waals surface area (Å²) in [6.45, 7) is 1.02. The number of rotatable bonds is 2. The Hall–Kier alpha value is -1.37. The van der Waals surface area contributed by atoms with E-state index in [1.165, 1.54) is 21.0 Å². The first kappa shape index (κ1) is 10.8. The quantitative estimate of drug-likeness (QED) is 0.583. The predicted octanol–water partition coefficient (Wildman–Crippen LogP) is 1.62. The van der Waals surface area contributed by atoms with Gasteiger partial charge in [-0.3, -0.25) is 0 Å². The molecule has 2 heteroatoms. The summed E-state index contributed by atoms with van der Waals surface area (Å²) < 4.78 is 3.96. The SMILES string of the molecule is C1=[N+](Cc2ccccc2)C[Se]c2ccccc21. The van der Waals surface area contributed by atoms with E-state index in [2.05, 4.69) is 65.4 Å². The van der Waals surface area contributed by atoms with Crippen LogP contribution in [0.25, 0.3) is 0 Å². The third-order valence-corrected chi connectivity index (χ3v) is 5.25. The first-order valence-corrected chi connectivity index (χ1v) is 7.83. The van der Waals surface area contributed by atoms with Gasteiger partial charge in [-0.1, -0.05) is 0 Å². The second kappa shape index (κ2) is 4.87. The Bertz CT molecular complexity index is 546. The van der Waals surface area contributed by atoms with Crippen molar-refractivity contribution >= 4 is 25.6 Å². The van der Waals surface area contributed by atoms with E-state index >= 15 is 0 Å². The molecule has 0 saturated carbocycles. The normalized spacial score (nSPS) is 14.0. The second-order valence-corrected chi connectivity index (χ2v) is 6.24. The van der Waals surface area contributed by atoms with Crippen LogP contribution in [0.4, 0.5) is 0 Å². The summed E-state index contributed by atoms with van der Waals surface area (Å²) in [5.74, 6) is 0. The molecule has 0 unspecified atom stereocenters. The van der Waals surface area contributed by atoms with E-state index in [1.54, 1.807) is 0 Å². The molecule has 2 aromatic carbocycles. The maximum absolute atomic E-state index is 2.43. The Morgan fingerprint density at radius 3 is 2.59 bits per heavy atom. The molecule has 1 heterocycles. The Balaban J connectivity index is 1.85. The van der Waals surface area contributed by atoms with Crippen LogP contribution in [0.2, 0.25) is 0 Å². The van der Waals surface area contributed by atoms with Crippen LogP contribution in [0.5, 0.6) is 0 Å². The summed E-state index contributed by atoms with van der Waals surface area (Å²) in [5.41, 5.74) is 3.97. The van der Waals surface area contributed by atoms with Crippen LogP contribution in [-0.2, 0) is 6.54 Å². The topological polar surface area (TPSA) is 3.01 Å². The van der Waals surface area contributed by atoms with Crippen molar-refractivity contribution in [2.75, 3.05) is 5.44 Å². The molecule has 0 saturated heterocycles. The van der Waals surface area contributed by atoms with Crippen molar-refractivity contribution in [2.24, 2.45) is 0 Å². The Morgan fingerprint density at radius 2 is 1.71 bits per heavy atom. The summed E-state index contributed by atoms with van der Waals surface area (Å²) in [7, 11) is 0. The summed E-state index contributed by atoms with van der Waals surface area (Å²) in [4.78, 5) is 0. The zero-order valence-corrected chi connectivity index (χ0v) is 11.3. The molecule has 0 spiro atoms. The van der Waals surface area contributed by atoms with Crippen LogP contribution in [0.15, 0.2) is 54.6 Å². The van der Waals surface area contributed by atoms with E-state index in [-0.39, 0.29) is 0 Å². The first-order chi connectivity index (χ1) is 8.42. The standard InChI is InChI=1S/C15H14NSe/c1-2-6-13(7-3-1)10-16-11-14-8-4-5-9-15(14)17-12-16/h1-9,11H,10,12H2/q+1. The molecule has 0 bridgehead atoms. The van der Waals surface area contributed by atoms with E-state index < -0.39 is 0 Å². The van der Waals surface area contributed by atoms with Gasteiger partial charge >= 0.3 is 108 Å². The zero-order chi connectivity index (χ0) is 11.5. The molecule has 0 atom stereocenters. The third-order valence-electron chi connectivity index (χ3n) is 2.86. The number of hydrogen-bond acceptors (Lipinski definition) is 0. The molecule has 84 valence electrons. The predicted molar refractivity (Wildman–Crippen MR) is 72.3 cm³/mol. The molecule has 1 aliphatic rings. The van der Waals surface area contributed by atoms with E-state index in [9.17, 15) is 0 Å². The number of benzene rings is 2. The van der Waals surface area contributed by atoms with Crippen molar-refractivity contribution < 1.29 is 4.58 Å². The summed E-state index contributed by atoms with van der Waals surface area (Å²) in [6.07, 6.45) is 2.30. The summed E-state index contributed by atoms with van der Waals surface area (Å²) in [6, 6.07) is 19.4. The van der Waals surface area contributed by atoms with Crippen LogP contribution in [0.1, 0.15) is 11.1 Å². The van der Waals surface area contributed by atoms with Gasteiger partial charge in [-0.25, -0.2) is 0 Å². The molecule has 0 amide bonds. The molecule has 0 aromatic heterocycles. The van der Waals surface area contributed by atoms with Gasteiger partial charge in [0.25, 0.3) is 0 Å². The number of hydrogen-bond donors (Lipinski definition) is 0. The first-order valence-electron chi connectivity index (χ1n) is 5.76. The van der Waals surface area contributed by atoms with Gasteiger partial charge in [-0.05, 0) is 0 Å². The van der Waals surface area contributed by atoms with Crippen molar-refractivity contribution in [1.29, 1.82) is 0 Å². The van der Waals surface area contributed by atoms with E-state index in [0.29, 0.717) is 15.0 Å². The maximum atomic E-state index is 2.43. The molecule has 0 fully saturated rings. The Labute approximate surface area is 108 Å².